The standard InChI is InChI=1S/C9H12O3Se/c1-3-13(10,11)9-7-5-4-6-8(9)12-2/h4-7H,3H2,1-2H3/i3+1D2. The van der Waals surface area contributed by atoms with Crippen molar-refractivity contribution in [3.63, 3.8) is 0 Å². The Labute approximate surface area is 82.2 Å². The number of methoxy groups -OCH3 is 1. The number of hydrogen-bond donors (Lipinski definition) is 0. The molecule has 1 aromatic carbocycles. The molecule has 0 spiro atoms. The predicted molar refractivity (Wildman–Crippen MR) is 50.2 cm³/mol. The summed E-state index contributed by atoms with van der Waals surface area (Å²) in [6.45, 7) is 1.04. The van der Waals surface area contributed by atoms with E-state index in [0.29, 0.717) is 0 Å². The van der Waals surface area contributed by atoms with E-state index in [-0.39, 0.29) is 10.2 Å². The third kappa shape index (κ3) is 2.08. The van der Waals surface area contributed by atoms with Gasteiger partial charge in [0.25, 0.3) is 0 Å². The molecule has 0 unspecified atom stereocenters. The molecule has 0 saturated heterocycles. The number of para-hydroxylation sites is 1. The van der Waals surface area contributed by atoms with Gasteiger partial charge in [-0.2, -0.15) is 0 Å². The van der Waals surface area contributed by atoms with Gasteiger partial charge < -0.3 is 0 Å². The first-order chi connectivity index (χ1) is 6.80. The second-order valence-electron chi connectivity index (χ2n) is 2.36. The normalized spacial score (nSPS) is 14.6. The van der Waals surface area contributed by atoms with Gasteiger partial charge in [0.1, 0.15) is 0 Å². The van der Waals surface area contributed by atoms with E-state index in [1.807, 2.05) is 0 Å². The summed E-state index contributed by atoms with van der Waals surface area (Å²) in [6.07, 6.45) is 0. The summed E-state index contributed by atoms with van der Waals surface area (Å²) < 4.78 is 43.1. The van der Waals surface area contributed by atoms with Gasteiger partial charge in [-0.25, -0.2) is 0 Å². The van der Waals surface area contributed by atoms with Crippen LogP contribution in [0.4, 0.5) is 0 Å². The zero-order chi connectivity index (χ0) is 11.7. The number of hydrogen-bond acceptors (Lipinski definition) is 3. The summed E-state index contributed by atoms with van der Waals surface area (Å²) in [7, 11) is 1.36. The maximum atomic E-state index is 11.9. The van der Waals surface area contributed by atoms with Crippen molar-refractivity contribution in [2.75, 3.05) is 7.11 Å². The predicted octanol–water partition coefficient (Wildman–Crippen LogP) is 1.23. The van der Waals surface area contributed by atoms with Crippen LogP contribution in [0.25, 0.3) is 0 Å². The molecule has 0 radical (unpaired) electrons. The molecule has 0 fully saturated rings. The first kappa shape index (κ1) is 7.53. The topological polar surface area (TPSA) is 43.4 Å². The summed E-state index contributed by atoms with van der Waals surface area (Å²) >= 11 is -4.83. The fourth-order valence-corrected chi connectivity index (χ4v) is 2.83. The Hall–Kier alpha value is -0.861. The van der Waals surface area contributed by atoms with Crippen LogP contribution in [0.1, 0.15) is 9.67 Å². The van der Waals surface area contributed by atoms with Crippen LogP contribution in [0.2, 0.25) is 5.27 Å². The van der Waals surface area contributed by atoms with Crippen LogP contribution in [-0.2, 0) is 7.67 Å². The molecule has 0 aliphatic carbocycles. The second kappa shape index (κ2) is 3.90. The quantitative estimate of drug-likeness (QED) is 0.598. The summed E-state index contributed by atoms with van der Waals surface area (Å²) in [5.41, 5.74) is 0. The SMILES string of the molecule is [2H][13C]([2H])(C)[Se](=O)(=O)c1ccccc1OC. The molecule has 72 valence electrons. The Balaban J connectivity index is 3.41. The van der Waals surface area contributed by atoms with Gasteiger partial charge in [-0.3, -0.25) is 0 Å². The molecule has 0 aliphatic heterocycles. The van der Waals surface area contributed by atoms with Crippen LogP contribution in [-0.4, -0.2) is 19.8 Å². The van der Waals surface area contributed by atoms with Crippen molar-refractivity contribution in [3.8, 4) is 5.75 Å². The van der Waals surface area contributed by atoms with Crippen LogP contribution < -0.4 is 9.20 Å². The van der Waals surface area contributed by atoms with Crippen LogP contribution in [0, 0.1) is 0 Å². The Kier molecular flexibility index (Phi) is 2.26. The molecule has 0 amide bonds. The van der Waals surface area contributed by atoms with Gasteiger partial charge in [-0.1, -0.05) is 0 Å². The van der Waals surface area contributed by atoms with E-state index in [4.69, 9.17) is 7.48 Å². The van der Waals surface area contributed by atoms with Gasteiger partial charge in [-0.05, 0) is 0 Å². The van der Waals surface area contributed by atoms with Crippen molar-refractivity contribution in [3.05, 3.63) is 24.3 Å². The third-order valence-electron chi connectivity index (χ3n) is 1.63. The number of ether oxygens (including phenoxy) is 1. The van der Waals surface area contributed by atoms with Crippen molar-refractivity contribution < 1.29 is 15.1 Å². The molecule has 0 bridgehead atoms. The van der Waals surface area contributed by atoms with Gasteiger partial charge in [0.05, 0.1) is 0 Å². The van der Waals surface area contributed by atoms with Gasteiger partial charge in [0.15, 0.2) is 0 Å². The van der Waals surface area contributed by atoms with E-state index in [1.165, 1.54) is 19.2 Å². The van der Waals surface area contributed by atoms with Crippen molar-refractivity contribution >= 4 is 17.2 Å². The Morgan fingerprint density at radius 1 is 1.46 bits per heavy atom. The minimum absolute atomic E-state index is 0.0521. The number of benzene rings is 1. The zero-order valence-electron chi connectivity index (χ0n) is 9.44. The molecule has 13 heavy (non-hydrogen) atoms. The van der Waals surface area contributed by atoms with E-state index in [0.717, 1.165) is 6.92 Å². The van der Waals surface area contributed by atoms with Crippen molar-refractivity contribution in [1.82, 2.24) is 0 Å². The van der Waals surface area contributed by atoms with E-state index in [9.17, 15) is 7.67 Å². The fraction of sp³-hybridized carbons (Fsp3) is 0.333. The first-order valence-electron chi connectivity index (χ1n) is 4.68. The summed E-state index contributed by atoms with van der Waals surface area (Å²) in [4.78, 5) is 0. The van der Waals surface area contributed by atoms with E-state index < -0.39 is 18.0 Å². The summed E-state index contributed by atoms with van der Waals surface area (Å²) in [5.74, 6) is 0.188. The molecular formula is C9H12O3Se. The second-order valence-corrected chi connectivity index (χ2v) is 6.25. The Morgan fingerprint density at radius 3 is 2.62 bits per heavy atom. The average molecular weight is 250 g/mol. The van der Waals surface area contributed by atoms with Crippen LogP contribution in [0.15, 0.2) is 24.3 Å². The van der Waals surface area contributed by atoms with Gasteiger partial charge in [0.2, 0.25) is 0 Å². The van der Waals surface area contributed by atoms with Gasteiger partial charge in [-0.15, -0.1) is 0 Å². The Morgan fingerprint density at radius 2 is 2.08 bits per heavy atom. The van der Waals surface area contributed by atoms with Crippen molar-refractivity contribution in [2.45, 2.75) is 12.2 Å². The molecule has 0 heterocycles. The molecule has 0 atom stereocenters. The molecule has 4 heteroatoms. The molecule has 0 saturated carbocycles. The molecule has 0 aliphatic rings. The average Bonchev–Trinajstić information content (AvgIpc) is 2.16. The van der Waals surface area contributed by atoms with E-state index in [2.05, 4.69) is 0 Å². The van der Waals surface area contributed by atoms with Crippen molar-refractivity contribution in [1.29, 1.82) is 0 Å². The van der Waals surface area contributed by atoms with Crippen LogP contribution in [0.5, 0.6) is 5.75 Å². The van der Waals surface area contributed by atoms with Crippen molar-refractivity contribution in [2.24, 2.45) is 0 Å². The summed E-state index contributed by atoms with van der Waals surface area (Å²) in [6, 6.07) is 6.05. The molecule has 3 nitrogen and oxygen atoms in total. The molecule has 1 aromatic rings. The summed E-state index contributed by atoms with van der Waals surface area (Å²) in [5, 5.41) is -2.24. The molecule has 0 N–H and O–H groups in total. The van der Waals surface area contributed by atoms with Crippen LogP contribution >= 0.6 is 0 Å². The molecule has 0 aromatic heterocycles. The fourth-order valence-electron chi connectivity index (χ4n) is 0.951. The van der Waals surface area contributed by atoms with Crippen LogP contribution in [0.3, 0.4) is 0 Å². The number of rotatable bonds is 3. The molecule has 1 rings (SSSR count). The zero-order valence-corrected chi connectivity index (χ0v) is 9.16. The Bertz CT molecular complexity index is 449. The van der Waals surface area contributed by atoms with Gasteiger partial charge >= 0.3 is 81.6 Å². The maximum absolute atomic E-state index is 11.9. The van der Waals surface area contributed by atoms with E-state index in [1.54, 1.807) is 12.1 Å². The molecular weight excluding hydrogens is 236 g/mol. The third-order valence-corrected chi connectivity index (χ3v) is 4.68. The van der Waals surface area contributed by atoms with Gasteiger partial charge in [0, 0.05) is 0 Å². The monoisotopic (exact) mass is 251 g/mol. The van der Waals surface area contributed by atoms with E-state index >= 15 is 0 Å². The minimum atomic E-state index is -4.83. The first-order valence-corrected chi connectivity index (χ1v) is 6.79.